The van der Waals surface area contributed by atoms with Crippen LogP contribution in [-0.2, 0) is 0 Å². The van der Waals surface area contributed by atoms with E-state index in [4.69, 9.17) is 11.5 Å². The van der Waals surface area contributed by atoms with Gasteiger partial charge in [0.2, 0.25) is 0 Å². The predicted octanol–water partition coefficient (Wildman–Crippen LogP) is 7.49. The minimum Gasteiger partial charge on any atom is -0.330 e. The van der Waals surface area contributed by atoms with E-state index in [2.05, 4.69) is 0 Å². The third-order valence-corrected chi connectivity index (χ3v) is 5.66. The van der Waals surface area contributed by atoms with Crippen molar-refractivity contribution in [2.24, 2.45) is 11.5 Å². The van der Waals surface area contributed by atoms with Crippen molar-refractivity contribution in [1.29, 1.82) is 0 Å². The van der Waals surface area contributed by atoms with E-state index < -0.39 is 0 Å². The molecule has 0 aliphatic heterocycles. The fraction of sp³-hybridized carbons (Fsp3) is 1.00. The van der Waals surface area contributed by atoms with E-state index in [0.717, 1.165) is 13.1 Å². The highest BCUT2D eigenvalue weighted by atomic mass is 14.5. The highest BCUT2D eigenvalue weighted by molar-refractivity contribution is 4.51. The molecular formula is C24H52N2. The lowest BCUT2D eigenvalue weighted by atomic mass is 10.0. The fourth-order valence-electron chi connectivity index (χ4n) is 3.82. The maximum absolute atomic E-state index is 5.51. The smallest absolute Gasteiger partial charge is 0.00773 e. The summed E-state index contributed by atoms with van der Waals surface area (Å²) in [6.07, 6.45) is 31.2. The second-order valence-corrected chi connectivity index (χ2v) is 8.36. The molecule has 2 heteroatoms. The molecule has 0 saturated carbocycles. The van der Waals surface area contributed by atoms with Crippen molar-refractivity contribution in [2.75, 3.05) is 13.1 Å². The molecule has 158 valence electrons. The Morgan fingerprint density at radius 1 is 0.192 bits per heavy atom. The summed E-state index contributed by atoms with van der Waals surface area (Å²) in [6.45, 7) is 1.74. The van der Waals surface area contributed by atoms with Crippen LogP contribution < -0.4 is 11.5 Å². The molecule has 0 aromatic rings. The average Bonchev–Trinajstić information content (AvgIpc) is 2.66. The molecule has 0 saturated heterocycles. The van der Waals surface area contributed by atoms with Crippen LogP contribution in [0.1, 0.15) is 141 Å². The first-order chi connectivity index (χ1) is 12.9. The van der Waals surface area contributed by atoms with E-state index >= 15 is 0 Å². The van der Waals surface area contributed by atoms with Gasteiger partial charge in [-0.05, 0) is 25.9 Å². The molecule has 0 radical (unpaired) electrons. The van der Waals surface area contributed by atoms with Gasteiger partial charge in [-0.2, -0.15) is 0 Å². The number of rotatable bonds is 23. The number of hydrogen-bond acceptors (Lipinski definition) is 2. The first-order valence-electron chi connectivity index (χ1n) is 12.3. The third-order valence-electron chi connectivity index (χ3n) is 5.66. The van der Waals surface area contributed by atoms with Crippen LogP contribution in [0.2, 0.25) is 0 Å². The zero-order valence-corrected chi connectivity index (χ0v) is 18.1. The van der Waals surface area contributed by atoms with Gasteiger partial charge >= 0.3 is 0 Å². The van der Waals surface area contributed by atoms with E-state index in [-0.39, 0.29) is 0 Å². The minimum atomic E-state index is 0.871. The van der Waals surface area contributed by atoms with Crippen molar-refractivity contribution in [3.63, 3.8) is 0 Å². The van der Waals surface area contributed by atoms with Gasteiger partial charge in [-0.3, -0.25) is 0 Å². The Kier molecular flexibility index (Phi) is 24.8. The molecule has 0 aromatic heterocycles. The van der Waals surface area contributed by atoms with Crippen LogP contribution in [0.25, 0.3) is 0 Å². The zero-order chi connectivity index (χ0) is 19.0. The van der Waals surface area contributed by atoms with Crippen molar-refractivity contribution in [3.8, 4) is 0 Å². The maximum Gasteiger partial charge on any atom is -0.00773 e. The zero-order valence-electron chi connectivity index (χ0n) is 18.1. The van der Waals surface area contributed by atoms with Gasteiger partial charge in [-0.15, -0.1) is 0 Å². The molecule has 26 heavy (non-hydrogen) atoms. The summed E-state index contributed by atoms with van der Waals surface area (Å²) >= 11 is 0. The second-order valence-electron chi connectivity index (χ2n) is 8.36. The fourth-order valence-corrected chi connectivity index (χ4v) is 3.82. The van der Waals surface area contributed by atoms with E-state index in [9.17, 15) is 0 Å². The van der Waals surface area contributed by atoms with Crippen molar-refractivity contribution in [3.05, 3.63) is 0 Å². The molecule has 0 unspecified atom stereocenters. The molecule has 0 spiro atoms. The number of nitrogens with two attached hydrogens (primary N) is 2. The molecule has 0 aliphatic carbocycles. The standard InChI is InChI=1S/C24H52N2/c25-23-21-19-17-15-13-11-9-7-5-3-1-2-4-6-8-10-12-14-16-18-20-22-24-26/h1-26H2. The number of hydrogen-bond donors (Lipinski definition) is 2. The SMILES string of the molecule is NCCCCCCCCCCCCCCCCCCCCCCCCN. The molecule has 0 aromatic carbocycles. The lowest BCUT2D eigenvalue weighted by Crippen LogP contribution is -1.97. The summed E-state index contributed by atoms with van der Waals surface area (Å²) in [5, 5.41) is 0. The predicted molar refractivity (Wildman–Crippen MR) is 120 cm³/mol. The summed E-state index contributed by atoms with van der Waals surface area (Å²) in [5.41, 5.74) is 11.0. The van der Waals surface area contributed by atoms with Crippen LogP contribution >= 0.6 is 0 Å². The lowest BCUT2D eigenvalue weighted by molar-refractivity contribution is 0.519. The molecule has 0 amide bonds. The summed E-state index contributed by atoms with van der Waals surface area (Å²) in [6, 6.07) is 0. The van der Waals surface area contributed by atoms with Gasteiger partial charge in [0, 0.05) is 0 Å². The van der Waals surface area contributed by atoms with Crippen molar-refractivity contribution >= 4 is 0 Å². The van der Waals surface area contributed by atoms with Crippen molar-refractivity contribution in [1.82, 2.24) is 0 Å². The van der Waals surface area contributed by atoms with E-state index in [1.807, 2.05) is 0 Å². The summed E-state index contributed by atoms with van der Waals surface area (Å²) in [5.74, 6) is 0. The van der Waals surface area contributed by atoms with Gasteiger partial charge in [-0.25, -0.2) is 0 Å². The van der Waals surface area contributed by atoms with Gasteiger partial charge in [0.1, 0.15) is 0 Å². The highest BCUT2D eigenvalue weighted by Gasteiger charge is 1.95. The van der Waals surface area contributed by atoms with Gasteiger partial charge < -0.3 is 11.5 Å². The second kappa shape index (κ2) is 24.9. The van der Waals surface area contributed by atoms with E-state index in [1.54, 1.807) is 0 Å². The Bertz CT molecular complexity index is 206. The Morgan fingerprint density at radius 3 is 0.423 bits per heavy atom. The Hall–Kier alpha value is -0.0800. The molecule has 0 aliphatic rings. The van der Waals surface area contributed by atoms with Gasteiger partial charge in [-0.1, -0.05) is 128 Å². The molecule has 0 bridgehead atoms. The minimum absolute atomic E-state index is 0.871. The number of unbranched alkanes of at least 4 members (excludes halogenated alkanes) is 21. The Labute approximate surface area is 166 Å². The van der Waals surface area contributed by atoms with Gasteiger partial charge in [0.25, 0.3) is 0 Å². The molecule has 0 rings (SSSR count). The quantitative estimate of drug-likeness (QED) is 0.184. The Morgan fingerprint density at radius 2 is 0.308 bits per heavy atom. The third kappa shape index (κ3) is 23.9. The first kappa shape index (κ1) is 25.9. The highest BCUT2D eigenvalue weighted by Crippen LogP contribution is 2.15. The monoisotopic (exact) mass is 368 g/mol. The molecular weight excluding hydrogens is 316 g/mol. The van der Waals surface area contributed by atoms with Crippen molar-refractivity contribution in [2.45, 2.75) is 141 Å². The summed E-state index contributed by atoms with van der Waals surface area (Å²) in [4.78, 5) is 0. The average molecular weight is 369 g/mol. The van der Waals surface area contributed by atoms with Crippen LogP contribution in [0.4, 0.5) is 0 Å². The van der Waals surface area contributed by atoms with Gasteiger partial charge in [0.05, 0.1) is 0 Å². The Balaban J connectivity index is 2.95. The topological polar surface area (TPSA) is 52.0 Å². The van der Waals surface area contributed by atoms with E-state index in [1.165, 1.54) is 141 Å². The molecule has 0 atom stereocenters. The largest absolute Gasteiger partial charge is 0.330 e. The summed E-state index contributed by atoms with van der Waals surface area (Å²) < 4.78 is 0. The molecule has 0 fully saturated rings. The first-order valence-corrected chi connectivity index (χ1v) is 12.3. The van der Waals surface area contributed by atoms with Crippen LogP contribution in [0, 0.1) is 0 Å². The maximum atomic E-state index is 5.51. The molecule has 4 N–H and O–H groups in total. The normalized spacial score (nSPS) is 11.3. The molecule has 2 nitrogen and oxygen atoms in total. The van der Waals surface area contributed by atoms with Crippen LogP contribution in [-0.4, -0.2) is 13.1 Å². The van der Waals surface area contributed by atoms with E-state index in [0.29, 0.717) is 0 Å². The van der Waals surface area contributed by atoms with Gasteiger partial charge in [0.15, 0.2) is 0 Å². The summed E-state index contributed by atoms with van der Waals surface area (Å²) in [7, 11) is 0. The lowest BCUT2D eigenvalue weighted by Gasteiger charge is -2.04. The van der Waals surface area contributed by atoms with Crippen LogP contribution in [0.15, 0.2) is 0 Å². The molecule has 0 heterocycles. The van der Waals surface area contributed by atoms with Crippen molar-refractivity contribution < 1.29 is 0 Å². The van der Waals surface area contributed by atoms with Crippen LogP contribution in [0.5, 0.6) is 0 Å². The van der Waals surface area contributed by atoms with Crippen LogP contribution in [0.3, 0.4) is 0 Å².